The van der Waals surface area contributed by atoms with E-state index in [-0.39, 0.29) is 41.7 Å². The van der Waals surface area contributed by atoms with E-state index in [0.717, 1.165) is 80.5 Å². The number of aromatic nitrogens is 1. The second kappa shape index (κ2) is 15.4. The van der Waals surface area contributed by atoms with E-state index in [2.05, 4.69) is 64.1 Å². The Balaban J connectivity index is 0.791. The summed E-state index contributed by atoms with van der Waals surface area (Å²) in [5, 5.41) is 14.7. The summed E-state index contributed by atoms with van der Waals surface area (Å²) in [5.74, 6) is -0.986. The van der Waals surface area contributed by atoms with E-state index >= 15 is 0 Å². The van der Waals surface area contributed by atoms with Gasteiger partial charge in [0.25, 0.3) is 17.7 Å². The molecular formula is C45H52N8O6. The van der Waals surface area contributed by atoms with Crippen LogP contribution in [0.15, 0.2) is 54.7 Å². The van der Waals surface area contributed by atoms with Crippen molar-refractivity contribution in [3.8, 4) is 11.9 Å². The number of carbonyl (C=O) groups excluding carboxylic acids is 5. The summed E-state index contributed by atoms with van der Waals surface area (Å²) < 4.78 is 6.41. The van der Waals surface area contributed by atoms with E-state index in [1.165, 1.54) is 6.20 Å². The van der Waals surface area contributed by atoms with Crippen LogP contribution in [0.4, 0.5) is 11.4 Å². The van der Waals surface area contributed by atoms with Crippen molar-refractivity contribution in [2.45, 2.75) is 78.5 Å². The van der Waals surface area contributed by atoms with Gasteiger partial charge in [0.2, 0.25) is 17.7 Å². The fraction of sp³-hybridized carbons (Fsp3) is 0.489. The number of piperidine rings is 2. The summed E-state index contributed by atoms with van der Waals surface area (Å²) in [6, 6.07) is 16.0. The number of nitrogens with one attached hydrogen (secondary N) is 2. The summed E-state index contributed by atoms with van der Waals surface area (Å²) in [6.45, 7) is 16.6. The number of hydrogen-bond donors (Lipinski definition) is 2. The average molecular weight is 801 g/mol. The predicted molar refractivity (Wildman–Crippen MR) is 220 cm³/mol. The Labute approximate surface area is 344 Å². The lowest BCUT2D eigenvalue weighted by Gasteiger charge is -2.62. The highest BCUT2D eigenvalue weighted by Gasteiger charge is 2.64. The minimum atomic E-state index is -0.974. The van der Waals surface area contributed by atoms with Crippen LogP contribution < -0.4 is 25.2 Å². The lowest BCUT2D eigenvalue weighted by Crippen LogP contribution is -2.74. The van der Waals surface area contributed by atoms with Crippen molar-refractivity contribution in [3.63, 3.8) is 0 Å². The Bertz CT molecular complexity index is 2220. The number of hydrogen-bond acceptors (Lipinski definition) is 11. The molecule has 3 aromatic rings. The molecule has 4 fully saturated rings. The van der Waals surface area contributed by atoms with Crippen LogP contribution in [0.5, 0.6) is 5.88 Å². The van der Waals surface area contributed by atoms with Crippen LogP contribution in [0.25, 0.3) is 0 Å². The number of carbonyl (C=O) groups is 5. The fourth-order valence-corrected chi connectivity index (χ4v) is 10.3. The molecule has 1 aliphatic carbocycles. The molecule has 2 aromatic carbocycles. The van der Waals surface area contributed by atoms with Crippen LogP contribution in [0, 0.1) is 35.0 Å². The van der Waals surface area contributed by atoms with Gasteiger partial charge in [-0.05, 0) is 80.6 Å². The topological polar surface area (TPSA) is 168 Å². The number of amides is 5. The summed E-state index contributed by atoms with van der Waals surface area (Å²) >= 11 is 0. The van der Waals surface area contributed by atoms with Gasteiger partial charge in [0.1, 0.15) is 18.2 Å². The van der Waals surface area contributed by atoms with Gasteiger partial charge in [0.05, 0.1) is 16.7 Å². The SMILES string of the molecule is Cc1cc(C#N)cnc1O[C@H]1C(C)(C)[C@H](NC(=O)c2ccc(N3CCC(CN4CCN(c5ccc6c(c5)C(=O)N(C5CCC(=O)NC5=O)C6=O)CC4)CC3)cc2)C1(C)C. The standard InChI is InChI=1S/C45H52N8O6/c1-27-22-29(24-46)25-47-39(27)59-43-44(2,3)42(45(43,4)5)49-37(55)30-6-8-31(9-7-30)51-16-14-28(15-17-51)26-50-18-20-52(21-19-50)32-10-11-33-34(23-32)41(58)53(40(33)57)35-12-13-36(54)48-38(35)56/h6-11,22-23,25,28,35,42-43H,12-21,26H2,1-5H3,(H,49,55)(H,48,54,56)/t35?,42-,43-. The van der Waals surface area contributed by atoms with Crippen LogP contribution >= 0.6 is 0 Å². The quantitative estimate of drug-likeness (QED) is 0.296. The van der Waals surface area contributed by atoms with Crippen molar-refractivity contribution in [2.24, 2.45) is 16.7 Å². The van der Waals surface area contributed by atoms with Crippen molar-refractivity contribution in [1.29, 1.82) is 5.26 Å². The number of imide groups is 2. The summed E-state index contributed by atoms with van der Waals surface area (Å²) in [4.78, 5) is 76.6. The third-order valence-electron chi connectivity index (χ3n) is 13.3. The molecule has 0 radical (unpaired) electrons. The highest BCUT2D eigenvalue weighted by molar-refractivity contribution is 6.23. The Morgan fingerprint density at radius 1 is 0.864 bits per heavy atom. The summed E-state index contributed by atoms with van der Waals surface area (Å²) in [6.07, 6.45) is 3.73. The van der Waals surface area contributed by atoms with Crippen molar-refractivity contribution in [3.05, 3.63) is 82.5 Å². The van der Waals surface area contributed by atoms with Gasteiger partial charge in [-0.3, -0.25) is 39.1 Å². The molecule has 1 unspecified atom stereocenters. The van der Waals surface area contributed by atoms with Gasteiger partial charge in [0.15, 0.2) is 0 Å². The van der Waals surface area contributed by atoms with Crippen LogP contribution in [0.3, 0.4) is 0 Å². The number of benzene rings is 2. The van der Waals surface area contributed by atoms with E-state index in [1.807, 2.05) is 37.3 Å². The number of pyridine rings is 1. The number of anilines is 2. The number of aryl methyl sites for hydroxylation is 1. The number of ether oxygens (including phenoxy) is 1. The fourth-order valence-electron chi connectivity index (χ4n) is 10.3. The first-order chi connectivity index (χ1) is 28.1. The van der Waals surface area contributed by atoms with E-state index in [0.29, 0.717) is 34.1 Å². The zero-order chi connectivity index (χ0) is 41.8. The Kier molecular flexibility index (Phi) is 10.4. The molecule has 5 aliphatic rings. The molecule has 1 aromatic heterocycles. The van der Waals surface area contributed by atoms with E-state index in [9.17, 15) is 29.2 Å². The summed E-state index contributed by atoms with van der Waals surface area (Å²) in [5.41, 5.74) is 3.82. The number of nitriles is 1. The first-order valence-corrected chi connectivity index (χ1v) is 20.7. The zero-order valence-corrected chi connectivity index (χ0v) is 34.4. The zero-order valence-electron chi connectivity index (χ0n) is 34.4. The van der Waals surface area contributed by atoms with E-state index in [1.54, 1.807) is 18.2 Å². The van der Waals surface area contributed by atoms with Crippen LogP contribution in [-0.2, 0) is 9.59 Å². The number of fused-ring (bicyclic) bond motifs is 1. The lowest BCUT2D eigenvalue weighted by atomic mass is 9.49. The van der Waals surface area contributed by atoms with Gasteiger partial charge in [0, 0.05) is 97.8 Å². The van der Waals surface area contributed by atoms with Gasteiger partial charge in [-0.15, -0.1) is 0 Å². The van der Waals surface area contributed by atoms with Crippen LogP contribution in [-0.4, -0.2) is 108 Å². The third kappa shape index (κ3) is 7.41. The molecule has 1 atom stereocenters. The van der Waals surface area contributed by atoms with Gasteiger partial charge >= 0.3 is 0 Å². The molecule has 2 N–H and O–H groups in total. The normalized spacial score (nSPS) is 24.3. The molecule has 14 heteroatoms. The molecular weight excluding hydrogens is 749 g/mol. The van der Waals surface area contributed by atoms with E-state index < -0.39 is 29.7 Å². The van der Waals surface area contributed by atoms with Crippen molar-refractivity contribution < 1.29 is 28.7 Å². The first kappa shape index (κ1) is 40.0. The molecule has 5 heterocycles. The highest BCUT2D eigenvalue weighted by atomic mass is 16.5. The van der Waals surface area contributed by atoms with Gasteiger partial charge in [-0.1, -0.05) is 27.7 Å². The third-order valence-corrected chi connectivity index (χ3v) is 13.3. The Hall–Kier alpha value is -5.81. The van der Waals surface area contributed by atoms with Crippen molar-refractivity contribution >= 4 is 40.9 Å². The molecule has 3 saturated heterocycles. The average Bonchev–Trinajstić information content (AvgIpc) is 3.47. The minimum absolute atomic E-state index is 0.0912. The van der Waals surface area contributed by atoms with E-state index in [4.69, 9.17) is 4.74 Å². The van der Waals surface area contributed by atoms with Crippen LogP contribution in [0.1, 0.15) is 95.6 Å². The summed E-state index contributed by atoms with van der Waals surface area (Å²) in [7, 11) is 0. The molecule has 1 saturated carbocycles. The van der Waals surface area contributed by atoms with Gasteiger partial charge in [-0.25, -0.2) is 4.98 Å². The molecule has 59 heavy (non-hydrogen) atoms. The highest BCUT2D eigenvalue weighted by Crippen LogP contribution is 2.55. The molecule has 4 aliphatic heterocycles. The first-order valence-electron chi connectivity index (χ1n) is 20.7. The maximum Gasteiger partial charge on any atom is 0.262 e. The molecule has 5 amide bonds. The van der Waals surface area contributed by atoms with Crippen molar-refractivity contribution in [2.75, 3.05) is 55.6 Å². The molecule has 8 rings (SSSR count). The largest absolute Gasteiger partial charge is 0.473 e. The predicted octanol–water partition coefficient (Wildman–Crippen LogP) is 4.31. The maximum atomic E-state index is 13.5. The number of piperazine rings is 1. The maximum absolute atomic E-state index is 13.5. The van der Waals surface area contributed by atoms with Crippen LogP contribution in [0.2, 0.25) is 0 Å². The molecule has 0 bridgehead atoms. The van der Waals surface area contributed by atoms with Gasteiger partial charge in [-0.2, -0.15) is 5.26 Å². The Morgan fingerprint density at radius 2 is 1.51 bits per heavy atom. The minimum Gasteiger partial charge on any atom is -0.473 e. The monoisotopic (exact) mass is 800 g/mol. The number of rotatable bonds is 9. The molecule has 14 nitrogen and oxygen atoms in total. The Morgan fingerprint density at radius 3 is 2.15 bits per heavy atom. The van der Waals surface area contributed by atoms with Crippen molar-refractivity contribution in [1.82, 2.24) is 25.4 Å². The molecule has 308 valence electrons. The second-order valence-corrected chi connectivity index (χ2v) is 17.9. The lowest BCUT2D eigenvalue weighted by molar-refractivity contribution is -0.165. The second-order valence-electron chi connectivity index (χ2n) is 17.9. The smallest absolute Gasteiger partial charge is 0.262 e. The molecule has 0 spiro atoms. The number of nitrogens with zero attached hydrogens (tertiary/aromatic N) is 6. The van der Waals surface area contributed by atoms with Gasteiger partial charge < -0.3 is 19.9 Å².